The van der Waals surface area contributed by atoms with Crippen LogP contribution in [0.2, 0.25) is 0 Å². The van der Waals surface area contributed by atoms with E-state index in [4.69, 9.17) is 10.5 Å². The Balaban J connectivity index is 1.66. The number of primary amides is 1. The smallest absolute Gasteiger partial charge is 0.338 e. The maximum absolute atomic E-state index is 12.2. The minimum Gasteiger partial charge on any atom is -0.452 e. The first-order valence-corrected chi connectivity index (χ1v) is 9.67. The second kappa shape index (κ2) is 7.92. The predicted octanol–water partition coefficient (Wildman–Crippen LogP) is 3.14. The number of rotatable bonds is 5. The van der Waals surface area contributed by atoms with E-state index < -0.39 is 24.4 Å². The number of nitrogens with one attached hydrogen (secondary N) is 1. The summed E-state index contributed by atoms with van der Waals surface area (Å²) in [5.74, 6) is -1.60. The van der Waals surface area contributed by atoms with Crippen LogP contribution < -0.4 is 11.1 Å². The highest BCUT2D eigenvalue weighted by molar-refractivity contribution is 7.17. The zero-order valence-electron chi connectivity index (χ0n) is 15.4. The molecule has 0 radical (unpaired) electrons. The molecular formula is C20H22N2O4S. The van der Waals surface area contributed by atoms with Crippen molar-refractivity contribution in [3.05, 3.63) is 50.9 Å². The van der Waals surface area contributed by atoms with Crippen LogP contribution in [0.1, 0.15) is 55.1 Å². The van der Waals surface area contributed by atoms with Gasteiger partial charge in [0, 0.05) is 4.88 Å². The Morgan fingerprint density at radius 3 is 2.59 bits per heavy atom. The minimum atomic E-state index is -0.561. The van der Waals surface area contributed by atoms with Crippen molar-refractivity contribution in [3.8, 4) is 0 Å². The number of ether oxygens (including phenoxy) is 1. The van der Waals surface area contributed by atoms with Crippen LogP contribution in [-0.4, -0.2) is 24.4 Å². The van der Waals surface area contributed by atoms with Gasteiger partial charge in [0.05, 0.1) is 11.1 Å². The van der Waals surface area contributed by atoms with E-state index in [0.29, 0.717) is 16.1 Å². The number of anilines is 1. The average molecular weight is 386 g/mol. The molecule has 27 heavy (non-hydrogen) atoms. The van der Waals surface area contributed by atoms with Crippen LogP contribution in [0.3, 0.4) is 0 Å². The van der Waals surface area contributed by atoms with Crippen LogP contribution in [-0.2, 0) is 22.4 Å². The van der Waals surface area contributed by atoms with Crippen LogP contribution >= 0.6 is 11.3 Å². The molecule has 0 bridgehead atoms. The van der Waals surface area contributed by atoms with Gasteiger partial charge in [0.25, 0.3) is 11.8 Å². The quantitative estimate of drug-likeness (QED) is 0.771. The molecular weight excluding hydrogens is 364 g/mol. The number of fused-ring (bicyclic) bond motifs is 1. The number of amides is 2. The fourth-order valence-electron chi connectivity index (χ4n) is 3.16. The molecule has 7 heteroatoms. The number of carbonyl (C=O) groups is 3. The van der Waals surface area contributed by atoms with Gasteiger partial charge < -0.3 is 15.8 Å². The lowest BCUT2D eigenvalue weighted by atomic mass is 9.95. The van der Waals surface area contributed by atoms with E-state index in [-0.39, 0.29) is 0 Å². The lowest BCUT2D eigenvalue weighted by Gasteiger charge is -2.11. The maximum Gasteiger partial charge on any atom is 0.338 e. The van der Waals surface area contributed by atoms with Crippen molar-refractivity contribution < 1.29 is 19.1 Å². The van der Waals surface area contributed by atoms with E-state index in [1.807, 2.05) is 19.9 Å². The first-order chi connectivity index (χ1) is 12.9. The van der Waals surface area contributed by atoms with Gasteiger partial charge in [-0.2, -0.15) is 0 Å². The first kappa shape index (κ1) is 19.1. The van der Waals surface area contributed by atoms with Gasteiger partial charge in [-0.3, -0.25) is 9.59 Å². The molecule has 3 rings (SSSR count). The Hall–Kier alpha value is -2.67. The lowest BCUT2D eigenvalue weighted by molar-refractivity contribution is -0.119. The monoisotopic (exact) mass is 386 g/mol. The molecule has 0 unspecified atom stereocenters. The number of thiophene rings is 1. The fourth-order valence-corrected chi connectivity index (χ4v) is 4.47. The molecule has 0 fully saturated rings. The van der Waals surface area contributed by atoms with Crippen LogP contribution in [0.4, 0.5) is 5.00 Å². The molecule has 142 valence electrons. The molecule has 0 spiro atoms. The Morgan fingerprint density at radius 2 is 1.89 bits per heavy atom. The van der Waals surface area contributed by atoms with Crippen molar-refractivity contribution in [1.29, 1.82) is 0 Å². The van der Waals surface area contributed by atoms with Crippen LogP contribution in [0.5, 0.6) is 0 Å². The van der Waals surface area contributed by atoms with E-state index in [1.54, 1.807) is 12.1 Å². The summed E-state index contributed by atoms with van der Waals surface area (Å²) >= 11 is 1.38. The van der Waals surface area contributed by atoms with Gasteiger partial charge in [0.15, 0.2) is 6.61 Å². The largest absolute Gasteiger partial charge is 0.452 e. The summed E-state index contributed by atoms with van der Waals surface area (Å²) in [7, 11) is 0. The zero-order valence-corrected chi connectivity index (χ0v) is 16.2. The fraction of sp³-hybridized carbons (Fsp3) is 0.350. The van der Waals surface area contributed by atoms with Gasteiger partial charge in [-0.1, -0.05) is 6.07 Å². The van der Waals surface area contributed by atoms with Crippen molar-refractivity contribution in [1.82, 2.24) is 0 Å². The first-order valence-electron chi connectivity index (χ1n) is 8.85. The molecule has 1 aliphatic carbocycles. The molecule has 0 saturated carbocycles. The Labute approximate surface area is 161 Å². The van der Waals surface area contributed by atoms with Gasteiger partial charge in [0.1, 0.15) is 5.00 Å². The summed E-state index contributed by atoms with van der Waals surface area (Å²) in [5, 5.41) is 3.12. The number of benzene rings is 1. The second-order valence-corrected chi connectivity index (χ2v) is 7.81. The number of esters is 1. The maximum atomic E-state index is 12.2. The van der Waals surface area contributed by atoms with Gasteiger partial charge in [-0.05, 0) is 68.4 Å². The Morgan fingerprint density at radius 1 is 1.15 bits per heavy atom. The molecule has 2 amide bonds. The number of carbonyl (C=O) groups excluding carboxylic acids is 3. The molecule has 2 aromatic rings. The van der Waals surface area contributed by atoms with Gasteiger partial charge in [-0.25, -0.2) is 4.79 Å². The number of aryl methyl sites for hydroxylation is 3. The van der Waals surface area contributed by atoms with E-state index in [9.17, 15) is 14.4 Å². The third-order valence-corrected chi connectivity index (χ3v) is 5.95. The highest BCUT2D eigenvalue weighted by atomic mass is 32.1. The summed E-state index contributed by atoms with van der Waals surface area (Å²) in [6.45, 7) is 3.43. The number of nitrogens with two attached hydrogens (primary N) is 1. The highest BCUT2D eigenvalue weighted by Crippen LogP contribution is 2.37. The molecule has 3 N–H and O–H groups in total. The van der Waals surface area contributed by atoms with Crippen molar-refractivity contribution in [2.75, 3.05) is 11.9 Å². The van der Waals surface area contributed by atoms with E-state index >= 15 is 0 Å². The van der Waals surface area contributed by atoms with Crippen molar-refractivity contribution in [3.63, 3.8) is 0 Å². The van der Waals surface area contributed by atoms with Crippen LogP contribution in [0, 0.1) is 13.8 Å². The third kappa shape index (κ3) is 4.19. The molecule has 0 saturated heterocycles. The number of hydrogen-bond acceptors (Lipinski definition) is 5. The minimum absolute atomic E-state index is 0.392. The van der Waals surface area contributed by atoms with Gasteiger partial charge >= 0.3 is 5.97 Å². The Bertz CT molecular complexity index is 917. The second-order valence-electron chi connectivity index (χ2n) is 6.70. The van der Waals surface area contributed by atoms with Crippen molar-refractivity contribution >= 4 is 34.1 Å². The van der Waals surface area contributed by atoms with Crippen molar-refractivity contribution in [2.24, 2.45) is 5.73 Å². The molecule has 1 aromatic heterocycles. The molecule has 1 aliphatic rings. The third-order valence-electron chi connectivity index (χ3n) is 4.75. The zero-order chi connectivity index (χ0) is 19.6. The van der Waals surface area contributed by atoms with E-state index in [0.717, 1.165) is 47.3 Å². The summed E-state index contributed by atoms with van der Waals surface area (Å²) < 4.78 is 5.10. The normalized spacial score (nSPS) is 13.0. The Kier molecular flexibility index (Phi) is 5.60. The lowest BCUT2D eigenvalue weighted by Crippen LogP contribution is -2.23. The standard InChI is InChI=1S/C20H22N2O4S/c1-11-7-8-13(9-12(11)2)20(25)26-10-16(23)22-19-17(18(21)24)14-5-3-4-6-15(14)27-19/h7-9H,3-6,10H2,1-2H3,(H2,21,24)(H,22,23). The number of hydrogen-bond donors (Lipinski definition) is 2. The summed E-state index contributed by atoms with van der Waals surface area (Å²) in [6, 6.07) is 5.23. The molecule has 0 aliphatic heterocycles. The molecule has 0 atom stereocenters. The van der Waals surface area contributed by atoms with Gasteiger partial charge in [0.2, 0.25) is 0 Å². The summed E-state index contributed by atoms with van der Waals surface area (Å²) in [4.78, 5) is 37.3. The SMILES string of the molecule is Cc1ccc(C(=O)OCC(=O)Nc2sc3c(c2C(N)=O)CCCC3)cc1C. The summed E-state index contributed by atoms with van der Waals surface area (Å²) in [5.41, 5.74) is 9.30. The van der Waals surface area contributed by atoms with E-state index in [1.165, 1.54) is 11.3 Å². The average Bonchev–Trinajstić information content (AvgIpc) is 2.99. The van der Waals surface area contributed by atoms with Crippen LogP contribution in [0.15, 0.2) is 18.2 Å². The molecule has 1 heterocycles. The van der Waals surface area contributed by atoms with E-state index in [2.05, 4.69) is 5.32 Å². The molecule has 6 nitrogen and oxygen atoms in total. The van der Waals surface area contributed by atoms with Crippen LogP contribution in [0.25, 0.3) is 0 Å². The molecule has 1 aromatic carbocycles. The van der Waals surface area contributed by atoms with Gasteiger partial charge in [-0.15, -0.1) is 11.3 Å². The van der Waals surface area contributed by atoms with Crippen molar-refractivity contribution in [2.45, 2.75) is 39.5 Å². The highest BCUT2D eigenvalue weighted by Gasteiger charge is 2.25. The topological polar surface area (TPSA) is 98.5 Å². The predicted molar refractivity (Wildman–Crippen MR) is 104 cm³/mol. The summed E-state index contributed by atoms with van der Waals surface area (Å²) in [6.07, 6.45) is 3.75.